The van der Waals surface area contributed by atoms with Gasteiger partial charge >= 0.3 is 0 Å². The van der Waals surface area contributed by atoms with Crippen LogP contribution in [-0.4, -0.2) is 50.8 Å². The summed E-state index contributed by atoms with van der Waals surface area (Å²) in [7, 11) is 3.37. The van der Waals surface area contributed by atoms with E-state index in [4.69, 9.17) is 15.2 Å². The molecule has 7 heteroatoms. The molecule has 0 radical (unpaired) electrons. The number of nitrogens with one attached hydrogen (secondary N) is 1. The van der Waals surface area contributed by atoms with E-state index in [0.717, 1.165) is 44.1 Å². The fourth-order valence-corrected chi connectivity index (χ4v) is 3.95. The third-order valence-corrected chi connectivity index (χ3v) is 5.45. The lowest BCUT2D eigenvalue weighted by atomic mass is 9.96. The molecule has 1 aromatic rings. The van der Waals surface area contributed by atoms with Gasteiger partial charge in [0.1, 0.15) is 0 Å². The normalized spacial score (nSPS) is 18.4. The molecule has 0 atom stereocenters. The number of methoxy groups -OCH3 is 2. The van der Waals surface area contributed by atoms with Crippen molar-refractivity contribution in [3.05, 3.63) is 23.3 Å². The van der Waals surface area contributed by atoms with E-state index in [1.165, 1.54) is 43.2 Å². The highest BCUT2D eigenvalue weighted by Crippen LogP contribution is 2.33. The van der Waals surface area contributed by atoms with Crippen molar-refractivity contribution in [3.63, 3.8) is 0 Å². The molecule has 0 unspecified atom stereocenters. The van der Waals surface area contributed by atoms with Crippen LogP contribution in [-0.2, 0) is 13.0 Å². The minimum absolute atomic E-state index is 0. The summed E-state index contributed by atoms with van der Waals surface area (Å²) < 4.78 is 10.8. The van der Waals surface area contributed by atoms with Crippen LogP contribution in [0.2, 0.25) is 0 Å². The number of benzene rings is 1. The Labute approximate surface area is 179 Å². The van der Waals surface area contributed by atoms with Gasteiger partial charge in [-0.1, -0.05) is 19.3 Å². The van der Waals surface area contributed by atoms with E-state index in [1.54, 1.807) is 14.2 Å². The number of nitrogens with two attached hydrogens (primary N) is 1. The second-order valence-electron chi connectivity index (χ2n) is 7.25. The first-order valence-corrected chi connectivity index (χ1v) is 9.72. The summed E-state index contributed by atoms with van der Waals surface area (Å²) in [5, 5.41) is 3.38. The first-order chi connectivity index (χ1) is 12.7. The molecule has 1 aliphatic heterocycles. The summed E-state index contributed by atoms with van der Waals surface area (Å²) >= 11 is 0. The van der Waals surface area contributed by atoms with Crippen LogP contribution in [0.5, 0.6) is 11.5 Å². The summed E-state index contributed by atoms with van der Waals surface area (Å²) in [5.41, 5.74) is 8.72. The largest absolute Gasteiger partial charge is 0.493 e. The minimum Gasteiger partial charge on any atom is -0.493 e. The van der Waals surface area contributed by atoms with Crippen molar-refractivity contribution < 1.29 is 9.47 Å². The molecule has 0 bridgehead atoms. The van der Waals surface area contributed by atoms with Crippen molar-refractivity contribution in [2.45, 2.75) is 51.1 Å². The van der Waals surface area contributed by atoms with E-state index >= 15 is 0 Å². The molecule has 27 heavy (non-hydrogen) atoms. The van der Waals surface area contributed by atoms with Crippen LogP contribution in [0.25, 0.3) is 0 Å². The lowest BCUT2D eigenvalue weighted by Gasteiger charge is -2.29. The van der Waals surface area contributed by atoms with Crippen LogP contribution in [0.1, 0.15) is 43.2 Å². The predicted molar refractivity (Wildman–Crippen MR) is 120 cm³/mol. The molecule has 2 aliphatic rings. The van der Waals surface area contributed by atoms with Crippen molar-refractivity contribution in [1.29, 1.82) is 0 Å². The molecule has 1 heterocycles. The van der Waals surface area contributed by atoms with Gasteiger partial charge in [0.15, 0.2) is 17.5 Å². The Hall–Kier alpha value is -1.22. The SMILES string of the molecule is COc1cc2c(cc1OC)CN(CCN=C(N)NC1CCCCC1)CC2.I. The Morgan fingerprint density at radius 2 is 1.81 bits per heavy atom. The highest BCUT2D eigenvalue weighted by molar-refractivity contribution is 14.0. The number of guanidine groups is 1. The maximum absolute atomic E-state index is 6.06. The maximum Gasteiger partial charge on any atom is 0.188 e. The van der Waals surface area contributed by atoms with Crippen LogP contribution in [0.15, 0.2) is 17.1 Å². The zero-order chi connectivity index (χ0) is 18.4. The van der Waals surface area contributed by atoms with Gasteiger partial charge in [-0.3, -0.25) is 9.89 Å². The molecule has 152 valence electrons. The molecule has 0 saturated heterocycles. The average molecular weight is 488 g/mol. The van der Waals surface area contributed by atoms with E-state index < -0.39 is 0 Å². The maximum atomic E-state index is 6.06. The van der Waals surface area contributed by atoms with Crippen molar-refractivity contribution >= 4 is 29.9 Å². The van der Waals surface area contributed by atoms with Gasteiger partial charge in [0.25, 0.3) is 0 Å². The molecule has 6 nitrogen and oxygen atoms in total. The highest BCUT2D eigenvalue weighted by atomic mass is 127. The monoisotopic (exact) mass is 488 g/mol. The molecule has 1 aliphatic carbocycles. The van der Waals surface area contributed by atoms with Gasteiger partial charge in [0, 0.05) is 25.7 Å². The second-order valence-corrected chi connectivity index (χ2v) is 7.25. The molecule has 1 aromatic carbocycles. The average Bonchev–Trinajstić information content (AvgIpc) is 2.67. The molecule has 3 rings (SSSR count). The van der Waals surface area contributed by atoms with E-state index in [0.29, 0.717) is 12.0 Å². The summed E-state index contributed by atoms with van der Waals surface area (Å²) in [6.45, 7) is 3.60. The molecule has 0 amide bonds. The Bertz CT molecular complexity index is 633. The Morgan fingerprint density at radius 3 is 2.48 bits per heavy atom. The topological polar surface area (TPSA) is 72.1 Å². The van der Waals surface area contributed by atoms with Crippen LogP contribution in [0, 0.1) is 0 Å². The van der Waals surface area contributed by atoms with Crippen LogP contribution < -0.4 is 20.5 Å². The van der Waals surface area contributed by atoms with E-state index in [2.05, 4.69) is 27.3 Å². The summed E-state index contributed by atoms with van der Waals surface area (Å²) in [5.74, 6) is 2.21. The van der Waals surface area contributed by atoms with Crippen LogP contribution >= 0.6 is 24.0 Å². The van der Waals surface area contributed by atoms with Crippen molar-refractivity contribution in [1.82, 2.24) is 10.2 Å². The number of nitrogens with zero attached hydrogens (tertiary/aromatic N) is 2. The Kier molecular flexibility index (Phi) is 8.95. The van der Waals surface area contributed by atoms with E-state index in [1.807, 2.05) is 0 Å². The van der Waals surface area contributed by atoms with Gasteiger partial charge in [-0.25, -0.2) is 0 Å². The van der Waals surface area contributed by atoms with Crippen molar-refractivity contribution in [2.24, 2.45) is 10.7 Å². The number of fused-ring (bicyclic) bond motifs is 1. The van der Waals surface area contributed by atoms with E-state index in [9.17, 15) is 0 Å². The molecule has 0 aromatic heterocycles. The summed E-state index contributed by atoms with van der Waals surface area (Å²) in [4.78, 5) is 6.95. The van der Waals surface area contributed by atoms with Gasteiger partial charge in [-0.2, -0.15) is 0 Å². The number of rotatable bonds is 6. The summed E-state index contributed by atoms with van der Waals surface area (Å²) in [6.07, 6.45) is 7.39. The first kappa shape index (κ1) is 22.1. The fourth-order valence-electron chi connectivity index (χ4n) is 3.95. The standard InChI is InChI=1S/C20H32N4O2.HI/c1-25-18-12-15-8-10-24(14-16(15)13-19(18)26-2)11-9-22-20(21)23-17-6-4-3-5-7-17;/h12-13,17H,3-11,14H2,1-2H3,(H3,21,22,23);1H. The number of aliphatic imine (C=N–C) groups is 1. The van der Waals surface area contributed by atoms with Gasteiger partial charge in [0.2, 0.25) is 0 Å². The zero-order valence-electron chi connectivity index (χ0n) is 16.5. The van der Waals surface area contributed by atoms with Crippen LogP contribution in [0.3, 0.4) is 0 Å². The quantitative estimate of drug-likeness (QED) is 0.366. The molecule has 1 saturated carbocycles. The fraction of sp³-hybridized carbons (Fsp3) is 0.650. The molecule has 3 N–H and O–H groups in total. The Balaban J connectivity index is 0.00000261. The molecule has 0 spiro atoms. The minimum atomic E-state index is 0. The third-order valence-electron chi connectivity index (χ3n) is 5.45. The smallest absolute Gasteiger partial charge is 0.188 e. The van der Waals surface area contributed by atoms with Gasteiger partial charge in [-0.05, 0) is 42.5 Å². The first-order valence-electron chi connectivity index (χ1n) is 9.72. The predicted octanol–water partition coefficient (Wildman–Crippen LogP) is 2.92. The third kappa shape index (κ3) is 6.14. The lowest BCUT2D eigenvalue weighted by Crippen LogP contribution is -2.41. The molecular weight excluding hydrogens is 455 g/mol. The highest BCUT2D eigenvalue weighted by Gasteiger charge is 2.19. The molecular formula is C20H33IN4O2. The number of hydrogen-bond acceptors (Lipinski definition) is 4. The summed E-state index contributed by atoms with van der Waals surface area (Å²) in [6, 6.07) is 4.72. The number of ether oxygens (including phenoxy) is 2. The number of halogens is 1. The van der Waals surface area contributed by atoms with Gasteiger partial charge in [0.05, 0.1) is 20.8 Å². The van der Waals surface area contributed by atoms with Gasteiger partial charge in [-0.15, -0.1) is 24.0 Å². The van der Waals surface area contributed by atoms with Gasteiger partial charge < -0.3 is 20.5 Å². The van der Waals surface area contributed by atoms with E-state index in [-0.39, 0.29) is 24.0 Å². The molecule has 1 fully saturated rings. The zero-order valence-corrected chi connectivity index (χ0v) is 18.8. The Morgan fingerprint density at radius 1 is 1.15 bits per heavy atom. The second kappa shape index (κ2) is 10.9. The number of hydrogen-bond donors (Lipinski definition) is 2. The van der Waals surface area contributed by atoms with Crippen molar-refractivity contribution in [2.75, 3.05) is 33.9 Å². The van der Waals surface area contributed by atoms with Crippen LogP contribution in [0.4, 0.5) is 0 Å². The van der Waals surface area contributed by atoms with Crippen molar-refractivity contribution in [3.8, 4) is 11.5 Å². The lowest BCUT2D eigenvalue weighted by molar-refractivity contribution is 0.260.